The summed E-state index contributed by atoms with van der Waals surface area (Å²) < 4.78 is 0. The molecular weight excluding hydrogens is 99.6 g/mol. The van der Waals surface area contributed by atoms with Gasteiger partial charge in [-0.3, -0.25) is 0 Å². The largest absolute Gasteiger partial charge is 1.00 e. The summed E-state index contributed by atoms with van der Waals surface area (Å²) >= 11 is 0. The molecule has 0 spiro atoms. The van der Waals surface area contributed by atoms with Gasteiger partial charge >= 0.3 is 17.1 Å². The molecule has 0 saturated carbocycles. The summed E-state index contributed by atoms with van der Waals surface area (Å²) in [6.45, 7) is 6.50. The minimum Gasteiger partial charge on any atom is -0.245 e. The van der Waals surface area contributed by atoms with Gasteiger partial charge in [0.05, 0.1) is 0 Å². The molecule has 0 rings (SSSR count). The predicted octanol–water partition coefficient (Wildman–Crippen LogP) is 1.00. The second-order valence-corrected chi connectivity index (χ2v) is 0.289. The zero-order valence-electron chi connectivity index (χ0n) is 2.29. The summed E-state index contributed by atoms with van der Waals surface area (Å²) in [4.78, 5) is 0. The molecule has 0 amide bonds. The van der Waals surface area contributed by atoms with Gasteiger partial charge in [0.15, 0.2) is 0 Å². The number of hydrogen-bond acceptors (Lipinski definition) is 0. The smallest absolute Gasteiger partial charge is 0.245 e. The fourth-order valence-electron chi connectivity index (χ4n) is 0. The number of hydrogen-bond donors (Lipinski definition) is 0. The summed E-state index contributed by atoms with van der Waals surface area (Å²) in [5, 5.41) is 0. The molecule has 0 fully saturated rings. The van der Waals surface area contributed by atoms with Gasteiger partial charge in [-0.25, -0.2) is 19.6 Å². The first kappa shape index (κ1) is 8.92. The maximum atomic E-state index is 3.25. The molecule has 0 unspecified atom stereocenters. The molecule has 0 aliphatic rings. The standard InChI is InChI=1S/C3H5.Cu/c1-3-2;/h3H,1-2H2;/q-1;+1. The average molecular weight is 105 g/mol. The Morgan fingerprint density at radius 2 is 1.75 bits per heavy atom. The zero-order chi connectivity index (χ0) is 2.71. The van der Waals surface area contributed by atoms with Crippen molar-refractivity contribution in [1.82, 2.24) is 0 Å². The second kappa shape index (κ2) is 11.1. The van der Waals surface area contributed by atoms with Crippen molar-refractivity contribution in [1.29, 1.82) is 0 Å². The van der Waals surface area contributed by atoms with Crippen molar-refractivity contribution in [3.63, 3.8) is 0 Å². The van der Waals surface area contributed by atoms with Crippen LogP contribution in [0.1, 0.15) is 0 Å². The van der Waals surface area contributed by atoms with Gasteiger partial charge in [0, 0.05) is 0 Å². The van der Waals surface area contributed by atoms with Gasteiger partial charge in [-0.05, 0) is 0 Å². The molecule has 0 aromatic carbocycles. The van der Waals surface area contributed by atoms with Crippen LogP contribution in [0.15, 0.2) is 12.7 Å². The molecule has 0 radical (unpaired) electrons. The maximum absolute atomic E-state index is 3.25. The normalized spacial score (nSPS) is 3.00. The van der Waals surface area contributed by atoms with Crippen molar-refractivity contribution >= 4 is 0 Å². The first-order chi connectivity index (χ1) is 1.41. The van der Waals surface area contributed by atoms with Gasteiger partial charge in [-0.1, -0.05) is 0 Å². The molecule has 28 valence electrons. The van der Waals surface area contributed by atoms with Crippen molar-refractivity contribution in [2.45, 2.75) is 0 Å². The average Bonchev–Trinajstić information content (AvgIpc) is 0.918. The van der Waals surface area contributed by atoms with E-state index in [0.29, 0.717) is 0 Å². The Morgan fingerprint density at radius 1 is 1.75 bits per heavy atom. The van der Waals surface area contributed by atoms with Gasteiger partial charge < -0.3 is 0 Å². The molecule has 0 N–H and O–H groups in total. The summed E-state index contributed by atoms with van der Waals surface area (Å²) in [5.41, 5.74) is 0. The molecule has 0 atom stereocenters. The van der Waals surface area contributed by atoms with E-state index in [4.69, 9.17) is 0 Å². The molecular formula is C3H5Cu. The van der Waals surface area contributed by atoms with E-state index in [-0.39, 0.29) is 17.1 Å². The van der Waals surface area contributed by atoms with Gasteiger partial charge in [0.1, 0.15) is 0 Å². The van der Waals surface area contributed by atoms with E-state index in [9.17, 15) is 0 Å². The van der Waals surface area contributed by atoms with E-state index in [1.807, 2.05) is 0 Å². The van der Waals surface area contributed by atoms with Crippen LogP contribution >= 0.6 is 0 Å². The Kier molecular flexibility index (Phi) is 24.8. The van der Waals surface area contributed by atoms with Crippen LogP contribution in [0.5, 0.6) is 0 Å². The van der Waals surface area contributed by atoms with Gasteiger partial charge in [0.25, 0.3) is 0 Å². The minimum absolute atomic E-state index is 0. The van der Waals surface area contributed by atoms with Gasteiger partial charge in [-0.2, -0.15) is 0 Å². The van der Waals surface area contributed by atoms with Gasteiger partial charge in [-0.15, -0.1) is 0 Å². The molecule has 0 heterocycles. The molecule has 0 nitrogen and oxygen atoms in total. The predicted molar refractivity (Wildman–Crippen MR) is 15.6 cm³/mol. The summed E-state index contributed by atoms with van der Waals surface area (Å²) in [5.74, 6) is 0. The van der Waals surface area contributed by atoms with E-state index in [1.165, 1.54) is 6.08 Å². The Hall–Kier alpha value is 0.129. The Morgan fingerprint density at radius 3 is 1.75 bits per heavy atom. The van der Waals surface area contributed by atoms with E-state index < -0.39 is 0 Å². The van der Waals surface area contributed by atoms with Crippen molar-refractivity contribution in [3.8, 4) is 0 Å². The van der Waals surface area contributed by atoms with Crippen LogP contribution in [0, 0.1) is 6.92 Å². The van der Waals surface area contributed by atoms with Crippen LogP contribution < -0.4 is 0 Å². The van der Waals surface area contributed by atoms with E-state index >= 15 is 0 Å². The Labute approximate surface area is 37.4 Å². The Bertz CT molecular complexity index is 10.8. The molecule has 0 bridgehead atoms. The second-order valence-electron chi connectivity index (χ2n) is 0.289. The summed E-state index contributed by atoms with van der Waals surface area (Å²) in [6.07, 6.45) is 1.50. The first-order valence-electron chi connectivity index (χ1n) is 0.816. The molecule has 0 aromatic rings. The van der Waals surface area contributed by atoms with Crippen LogP contribution in [0.4, 0.5) is 0 Å². The topological polar surface area (TPSA) is 0 Å². The molecule has 0 saturated heterocycles. The zero-order valence-corrected chi connectivity index (χ0v) is 3.23. The van der Waals surface area contributed by atoms with E-state index in [0.717, 1.165) is 0 Å². The molecule has 0 aromatic heterocycles. The molecule has 4 heavy (non-hydrogen) atoms. The van der Waals surface area contributed by atoms with E-state index in [2.05, 4.69) is 13.5 Å². The van der Waals surface area contributed by atoms with Crippen LogP contribution in [0.3, 0.4) is 0 Å². The van der Waals surface area contributed by atoms with Crippen LogP contribution in [-0.2, 0) is 17.1 Å². The van der Waals surface area contributed by atoms with Gasteiger partial charge in [0.2, 0.25) is 0 Å². The molecule has 1 heteroatoms. The third-order valence-corrected chi connectivity index (χ3v) is 0. The first-order valence-corrected chi connectivity index (χ1v) is 0.816. The SMILES string of the molecule is C=C[CH2-].[Cu+]. The van der Waals surface area contributed by atoms with Crippen LogP contribution in [0.25, 0.3) is 0 Å². The summed E-state index contributed by atoms with van der Waals surface area (Å²) in [7, 11) is 0. The number of rotatable bonds is 0. The molecule has 0 aliphatic heterocycles. The summed E-state index contributed by atoms with van der Waals surface area (Å²) in [6, 6.07) is 0. The van der Waals surface area contributed by atoms with E-state index in [1.54, 1.807) is 0 Å². The van der Waals surface area contributed by atoms with Crippen molar-refractivity contribution in [2.24, 2.45) is 0 Å². The van der Waals surface area contributed by atoms with Crippen molar-refractivity contribution in [2.75, 3.05) is 0 Å². The fraction of sp³-hybridized carbons (Fsp3) is 0. The van der Waals surface area contributed by atoms with Crippen LogP contribution in [-0.4, -0.2) is 0 Å². The van der Waals surface area contributed by atoms with Crippen LogP contribution in [0.2, 0.25) is 0 Å². The van der Waals surface area contributed by atoms with Crippen molar-refractivity contribution in [3.05, 3.63) is 19.6 Å². The fourth-order valence-corrected chi connectivity index (χ4v) is 0. The molecule has 0 aliphatic carbocycles. The quantitative estimate of drug-likeness (QED) is 0.318. The third-order valence-electron chi connectivity index (χ3n) is 0. The minimum atomic E-state index is 0. The van der Waals surface area contributed by atoms with Crippen molar-refractivity contribution < 1.29 is 17.1 Å². The Balaban J connectivity index is 0. The monoisotopic (exact) mass is 104 g/mol. The number of allylic oxidation sites excluding steroid dienone is 1. The maximum Gasteiger partial charge on any atom is 1.00 e. The third kappa shape index (κ3) is 162.